The molecule has 112 valence electrons. The molecular formula is C16H21FN4. The van der Waals surface area contributed by atoms with Gasteiger partial charge in [-0.2, -0.15) is 5.26 Å². The minimum absolute atomic E-state index is 0.176. The predicted octanol–water partition coefficient (Wildman–Crippen LogP) is 1.27. The lowest BCUT2D eigenvalue weighted by atomic mass is 9.94. The first-order chi connectivity index (χ1) is 10.1. The highest BCUT2D eigenvalue weighted by molar-refractivity contribution is 5.44. The van der Waals surface area contributed by atoms with Gasteiger partial charge in [0.15, 0.2) is 0 Å². The second-order valence-electron chi connectivity index (χ2n) is 6.12. The zero-order chi connectivity index (χ0) is 15.0. The van der Waals surface area contributed by atoms with Crippen LogP contribution in [0, 0.1) is 24.1 Å². The fourth-order valence-electron chi connectivity index (χ4n) is 3.48. The highest BCUT2D eigenvalue weighted by Crippen LogP contribution is 2.27. The maximum absolute atomic E-state index is 13.7. The van der Waals surface area contributed by atoms with Gasteiger partial charge < -0.3 is 10.2 Å². The maximum atomic E-state index is 13.7. The Labute approximate surface area is 125 Å². The van der Waals surface area contributed by atoms with E-state index in [4.69, 9.17) is 5.26 Å². The molecule has 2 aliphatic heterocycles. The zero-order valence-corrected chi connectivity index (χ0v) is 12.6. The van der Waals surface area contributed by atoms with Gasteiger partial charge >= 0.3 is 0 Å². The predicted molar refractivity (Wildman–Crippen MR) is 79.5 cm³/mol. The van der Waals surface area contributed by atoms with Crippen molar-refractivity contribution in [2.45, 2.75) is 19.0 Å². The van der Waals surface area contributed by atoms with Crippen LogP contribution in [0.25, 0.3) is 0 Å². The third kappa shape index (κ3) is 2.67. The summed E-state index contributed by atoms with van der Waals surface area (Å²) >= 11 is 0. The van der Waals surface area contributed by atoms with Crippen LogP contribution >= 0.6 is 0 Å². The van der Waals surface area contributed by atoms with Crippen molar-refractivity contribution in [3.63, 3.8) is 0 Å². The molecule has 0 spiro atoms. The molecule has 2 fully saturated rings. The molecule has 2 heterocycles. The average molecular weight is 288 g/mol. The molecule has 1 aromatic rings. The van der Waals surface area contributed by atoms with Crippen molar-refractivity contribution >= 4 is 0 Å². The van der Waals surface area contributed by atoms with E-state index in [0.717, 1.165) is 43.9 Å². The molecule has 2 aliphatic rings. The number of likely N-dealkylation sites (N-methyl/N-ethyl adjacent to an activating group) is 1. The monoisotopic (exact) mass is 288 g/mol. The van der Waals surface area contributed by atoms with Gasteiger partial charge in [0, 0.05) is 44.8 Å². The lowest BCUT2D eigenvalue weighted by Crippen LogP contribution is -2.61. The molecule has 2 unspecified atom stereocenters. The lowest BCUT2D eigenvalue weighted by Gasteiger charge is -2.46. The van der Waals surface area contributed by atoms with Crippen LogP contribution in [0.2, 0.25) is 0 Å². The van der Waals surface area contributed by atoms with E-state index in [1.165, 1.54) is 6.07 Å². The number of rotatable bonds is 1. The van der Waals surface area contributed by atoms with Crippen molar-refractivity contribution in [2.24, 2.45) is 0 Å². The summed E-state index contributed by atoms with van der Waals surface area (Å²) in [5.74, 6) is -0.424. The number of nitrogens with one attached hydrogen (secondary N) is 1. The molecule has 0 aromatic heterocycles. The summed E-state index contributed by atoms with van der Waals surface area (Å²) in [6.07, 6.45) is 0. The van der Waals surface area contributed by atoms with Gasteiger partial charge in [0.05, 0.1) is 5.56 Å². The number of fused-ring (bicyclic) bond motifs is 1. The molecule has 5 heteroatoms. The van der Waals surface area contributed by atoms with Crippen molar-refractivity contribution in [3.05, 3.63) is 34.6 Å². The van der Waals surface area contributed by atoms with E-state index >= 15 is 0 Å². The molecule has 0 radical (unpaired) electrons. The van der Waals surface area contributed by atoms with Crippen LogP contribution in [0.15, 0.2) is 12.1 Å². The van der Waals surface area contributed by atoms with Gasteiger partial charge in [0.2, 0.25) is 0 Å². The molecule has 21 heavy (non-hydrogen) atoms. The van der Waals surface area contributed by atoms with Gasteiger partial charge in [-0.15, -0.1) is 0 Å². The fraction of sp³-hybridized carbons (Fsp3) is 0.562. The van der Waals surface area contributed by atoms with Crippen LogP contribution < -0.4 is 5.32 Å². The second-order valence-corrected chi connectivity index (χ2v) is 6.12. The standard InChI is InChI=1S/C16H21FN4/c1-11-13(3-4-15(17)14(11)7-18)16-10-21-6-5-20(2)9-12(21)8-19-16/h3-4,12,16,19H,5-6,8-10H2,1-2H3. The van der Waals surface area contributed by atoms with Crippen LogP contribution in [0.4, 0.5) is 4.39 Å². The zero-order valence-electron chi connectivity index (χ0n) is 12.6. The van der Waals surface area contributed by atoms with Gasteiger partial charge in [-0.3, -0.25) is 4.90 Å². The normalized spacial score (nSPS) is 27.1. The van der Waals surface area contributed by atoms with Crippen LogP contribution in [-0.4, -0.2) is 55.6 Å². The largest absolute Gasteiger partial charge is 0.307 e. The van der Waals surface area contributed by atoms with Gasteiger partial charge in [-0.25, -0.2) is 4.39 Å². The first-order valence-electron chi connectivity index (χ1n) is 7.45. The Balaban J connectivity index is 1.82. The van der Waals surface area contributed by atoms with E-state index in [0.29, 0.717) is 6.04 Å². The molecule has 0 bridgehead atoms. The number of hydrogen-bond donors (Lipinski definition) is 1. The Bertz CT molecular complexity index is 580. The summed E-state index contributed by atoms with van der Waals surface area (Å²) in [5, 5.41) is 12.7. The van der Waals surface area contributed by atoms with Crippen molar-refractivity contribution in [2.75, 3.05) is 39.8 Å². The third-order valence-corrected chi connectivity index (χ3v) is 4.77. The molecule has 3 rings (SSSR count). The SMILES string of the molecule is Cc1c(C2CN3CCN(C)CC3CN2)ccc(F)c1C#N. The van der Waals surface area contributed by atoms with Gasteiger partial charge in [-0.1, -0.05) is 6.07 Å². The van der Waals surface area contributed by atoms with E-state index in [1.807, 2.05) is 19.1 Å². The van der Waals surface area contributed by atoms with Gasteiger partial charge in [0.1, 0.15) is 11.9 Å². The maximum Gasteiger partial charge on any atom is 0.141 e. The number of halogens is 1. The Kier molecular flexibility index (Phi) is 3.94. The summed E-state index contributed by atoms with van der Waals surface area (Å²) in [6.45, 7) is 6.96. The van der Waals surface area contributed by atoms with E-state index in [1.54, 1.807) is 0 Å². The van der Waals surface area contributed by atoms with Crippen LogP contribution in [-0.2, 0) is 0 Å². The van der Waals surface area contributed by atoms with Gasteiger partial charge in [-0.05, 0) is 31.2 Å². The summed E-state index contributed by atoms with van der Waals surface area (Å²) in [7, 11) is 2.16. The Morgan fingerprint density at radius 2 is 2.14 bits per heavy atom. The third-order valence-electron chi connectivity index (χ3n) is 4.77. The summed E-state index contributed by atoms with van der Waals surface area (Å²) in [5.41, 5.74) is 1.99. The second kappa shape index (κ2) is 5.72. The summed E-state index contributed by atoms with van der Waals surface area (Å²) in [4.78, 5) is 4.87. The highest BCUT2D eigenvalue weighted by Gasteiger charge is 2.32. The van der Waals surface area contributed by atoms with Gasteiger partial charge in [0.25, 0.3) is 0 Å². The van der Waals surface area contributed by atoms with E-state index in [2.05, 4.69) is 22.2 Å². The average Bonchev–Trinajstić information content (AvgIpc) is 2.47. The van der Waals surface area contributed by atoms with E-state index < -0.39 is 5.82 Å². The minimum atomic E-state index is -0.424. The molecule has 0 aliphatic carbocycles. The number of nitriles is 1. The molecule has 2 saturated heterocycles. The van der Waals surface area contributed by atoms with E-state index in [-0.39, 0.29) is 11.6 Å². The fourth-order valence-corrected chi connectivity index (χ4v) is 3.48. The van der Waals surface area contributed by atoms with E-state index in [9.17, 15) is 4.39 Å². The van der Waals surface area contributed by atoms with Crippen LogP contribution in [0.3, 0.4) is 0 Å². The first-order valence-corrected chi connectivity index (χ1v) is 7.45. The number of piperazine rings is 2. The van der Waals surface area contributed by atoms with Crippen LogP contribution in [0.1, 0.15) is 22.7 Å². The highest BCUT2D eigenvalue weighted by atomic mass is 19.1. The van der Waals surface area contributed by atoms with Crippen LogP contribution in [0.5, 0.6) is 0 Å². The Morgan fingerprint density at radius 1 is 1.33 bits per heavy atom. The van der Waals surface area contributed by atoms with Crippen molar-refractivity contribution in [3.8, 4) is 6.07 Å². The Morgan fingerprint density at radius 3 is 2.90 bits per heavy atom. The molecule has 0 amide bonds. The molecule has 0 saturated carbocycles. The number of nitrogens with zero attached hydrogens (tertiary/aromatic N) is 3. The molecule has 4 nitrogen and oxygen atoms in total. The molecule has 2 atom stereocenters. The summed E-state index contributed by atoms with van der Waals surface area (Å²) < 4.78 is 13.7. The summed E-state index contributed by atoms with van der Waals surface area (Å²) in [6, 6.07) is 5.95. The quantitative estimate of drug-likeness (QED) is 0.845. The number of benzene rings is 1. The lowest BCUT2D eigenvalue weighted by molar-refractivity contribution is 0.0537. The molecular weight excluding hydrogens is 267 g/mol. The number of hydrogen-bond acceptors (Lipinski definition) is 4. The Hall–Kier alpha value is -1.48. The van der Waals surface area contributed by atoms with Crippen molar-refractivity contribution in [1.82, 2.24) is 15.1 Å². The molecule has 1 N–H and O–H groups in total. The first kappa shape index (κ1) is 14.5. The topological polar surface area (TPSA) is 42.3 Å². The van der Waals surface area contributed by atoms with Crippen molar-refractivity contribution < 1.29 is 4.39 Å². The molecule has 1 aromatic carbocycles. The van der Waals surface area contributed by atoms with Crippen molar-refractivity contribution in [1.29, 1.82) is 5.26 Å². The minimum Gasteiger partial charge on any atom is -0.307 e. The smallest absolute Gasteiger partial charge is 0.141 e.